The summed E-state index contributed by atoms with van der Waals surface area (Å²) in [5.74, 6) is 1.23. The summed E-state index contributed by atoms with van der Waals surface area (Å²) in [4.78, 5) is 17.9. The number of rotatable bonds is 5. The number of hydrogen-bond acceptors (Lipinski definition) is 7. The zero-order valence-corrected chi connectivity index (χ0v) is 19.4. The highest BCUT2D eigenvalue weighted by atomic mass is 35.5. The fraction of sp³-hybridized carbons (Fsp3) is 0.292. The molecule has 0 amide bonds. The summed E-state index contributed by atoms with van der Waals surface area (Å²) in [5.41, 5.74) is 4.71. The molecule has 3 aromatic heterocycles. The Morgan fingerprint density at radius 3 is 2.33 bits per heavy atom. The maximum absolute atomic E-state index is 6.37. The first-order chi connectivity index (χ1) is 16.2. The van der Waals surface area contributed by atoms with Crippen LogP contribution in [0.15, 0.2) is 55.4 Å². The van der Waals surface area contributed by atoms with Crippen molar-refractivity contribution in [1.29, 1.82) is 0 Å². The summed E-state index contributed by atoms with van der Waals surface area (Å²) in [5, 5.41) is 0.518. The van der Waals surface area contributed by atoms with Crippen LogP contribution in [0.5, 0.6) is 11.5 Å². The number of methoxy groups -OCH3 is 2. The molecule has 0 atom stereocenters. The topological polar surface area (TPSA) is 68.0 Å². The minimum absolute atomic E-state index is 0.518. The second kappa shape index (κ2) is 9.15. The highest BCUT2D eigenvalue weighted by Crippen LogP contribution is 2.38. The fourth-order valence-electron chi connectivity index (χ4n) is 4.25. The number of halogens is 1. The lowest BCUT2D eigenvalue weighted by Crippen LogP contribution is -2.30. The molecule has 0 radical (unpaired) electrons. The molecule has 4 heterocycles. The summed E-state index contributed by atoms with van der Waals surface area (Å²) in [6, 6.07) is 7.88. The van der Waals surface area contributed by atoms with Crippen molar-refractivity contribution in [3.05, 3.63) is 60.4 Å². The van der Waals surface area contributed by atoms with Crippen LogP contribution in [0, 0.1) is 0 Å². The summed E-state index contributed by atoms with van der Waals surface area (Å²) >= 11 is 6.37. The Morgan fingerprint density at radius 1 is 0.879 bits per heavy atom. The van der Waals surface area contributed by atoms with Gasteiger partial charge in [-0.25, -0.2) is 15.0 Å². The smallest absolute Gasteiger partial charge is 0.141 e. The molecule has 9 heteroatoms. The van der Waals surface area contributed by atoms with Crippen molar-refractivity contribution in [3.63, 3.8) is 0 Å². The van der Waals surface area contributed by atoms with Gasteiger partial charge in [-0.15, -0.1) is 0 Å². The number of hydrogen-bond donors (Lipinski definition) is 0. The third kappa shape index (κ3) is 4.26. The molecule has 0 spiro atoms. The third-order valence-corrected chi connectivity index (χ3v) is 6.26. The van der Waals surface area contributed by atoms with E-state index >= 15 is 0 Å². The van der Waals surface area contributed by atoms with E-state index in [0.717, 1.165) is 60.9 Å². The van der Waals surface area contributed by atoms with Gasteiger partial charge in [-0.1, -0.05) is 11.6 Å². The first-order valence-electron chi connectivity index (χ1n) is 10.8. The van der Waals surface area contributed by atoms with Gasteiger partial charge in [-0.2, -0.15) is 0 Å². The third-order valence-electron chi connectivity index (χ3n) is 5.97. The SMILES string of the molecule is COc1cc(OC)c(-c2cn3ccc(N4CCCN(c5cncnc5)CC4)cc3n2)cc1Cl. The highest BCUT2D eigenvalue weighted by Gasteiger charge is 2.18. The van der Waals surface area contributed by atoms with E-state index in [-0.39, 0.29) is 0 Å². The monoisotopic (exact) mass is 464 g/mol. The summed E-state index contributed by atoms with van der Waals surface area (Å²) < 4.78 is 12.9. The molecule has 8 nitrogen and oxygen atoms in total. The fourth-order valence-corrected chi connectivity index (χ4v) is 4.49. The summed E-state index contributed by atoms with van der Waals surface area (Å²) in [6.07, 6.45) is 10.4. The maximum atomic E-state index is 6.37. The van der Waals surface area contributed by atoms with Crippen LogP contribution in [0.3, 0.4) is 0 Å². The Hall–Kier alpha value is -3.52. The zero-order chi connectivity index (χ0) is 22.8. The molecule has 0 bridgehead atoms. The molecule has 4 aromatic rings. The Kier molecular flexibility index (Phi) is 5.92. The van der Waals surface area contributed by atoms with E-state index in [1.54, 1.807) is 26.6 Å². The van der Waals surface area contributed by atoms with Crippen LogP contribution in [-0.2, 0) is 0 Å². The van der Waals surface area contributed by atoms with E-state index < -0.39 is 0 Å². The molecular formula is C24H25ClN6O2. The molecule has 0 unspecified atom stereocenters. The lowest BCUT2D eigenvalue weighted by Gasteiger charge is -2.24. The quantitative estimate of drug-likeness (QED) is 0.439. The Bertz CT molecular complexity index is 1260. The lowest BCUT2D eigenvalue weighted by molar-refractivity contribution is 0.395. The number of pyridine rings is 1. The van der Waals surface area contributed by atoms with Crippen molar-refractivity contribution in [2.24, 2.45) is 0 Å². The molecule has 1 aliphatic heterocycles. The second-order valence-corrected chi connectivity index (χ2v) is 8.30. The van der Waals surface area contributed by atoms with Gasteiger partial charge in [0.2, 0.25) is 0 Å². The Balaban J connectivity index is 1.41. The second-order valence-electron chi connectivity index (χ2n) is 7.89. The predicted molar refractivity (Wildman–Crippen MR) is 130 cm³/mol. The van der Waals surface area contributed by atoms with E-state index in [4.69, 9.17) is 26.1 Å². The summed E-state index contributed by atoms with van der Waals surface area (Å²) in [6.45, 7) is 3.80. The van der Waals surface area contributed by atoms with E-state index in [1.165, 1.54) is 0 Å². The molecule has 0 aliphatic carbocycles. The first-order valence-corrected chi connectivity index (χ1v) is 11.2. The molecule has 1 aromatic carbocycles. The van der Waals surface area contributed by atoms with Crippen LogP contribution in [0.25, 0.3) is 16.9 Å². The molecule has 170 valence electrons. The normalized spacial score (nSPS) is 14.4. The van der Waals surface area contributed by atoms with Crippen molar-refractivity contribution >= 4 is 28.6 Å². The number of aromatic nitrogens is 4. The average Bonchev–Trinajstić information content (AvgIpc) is 3.12. The molecular weight excluding hydrogens is 440 g/mol. The number of fused-ring (bicyclic) bond motifs is 1. The first kappa shape index (κ1) is 21.3. The van der Waals surface area contributed by atoms with Gasteiger partial charge in [0.25, 0.3) is 0 Å². The van der Waals surface area contributed by atoms with E-state index in [1.807, 2.05) is 35.3 Å². The molecule has 0 saturated carbocycles. The van der Waals surface area contributed by atoms with Gasteiger partial charge in [0, 0.05) is 62.0 Å². The van der Waals surface area contributed by atoms with Crippen LogP contribution in [0.2, 0.25) is 5.02 Å². The van der Waals surface area contributed by atoms with Crippen LogP contribution < -0.4 is 19.3 Å². The van der Waals surface area contributed by atoms with Gasteiger partial charge in [0.05, 0.1) is 43.0 Å². The van der Waals surface area contributed by atoms with Crippen LogP contribution in [0.4, 0.5) is 11.4 Å². The van der Waals surface area contributed by atoms with E-state index in [2.05, 4.69) is 31.9 Å². The standard InChI is InChI=1S/C24H25ClN6O2/c1-32-22-12-23(33-2)20(25)11-19(22)21-15-31-7-4-17(10-24(31)28-21)29-5-3-6-30(9-8-29)18-13-26-16-27-14-18/h4,7,10-16H,3,5-6,8-9H2,1-2H3. The summed E-state index contributed by atoms with van der Waals surface area (Å²) in [7, 11) is 3.22. The number of benzene rings is 1. The largest absolute Gasteiger partial charge is 0.496 e. The number of anilines is 2. The van der Waals surface area contributed by atoms with Crippen LogP contribution in [-0.4, -0.2) is 59.8 Å². The van der Waals surface area contributed by atoms with Gasteiger partial charge in [-0.3, -0.25) is 0 Å². The molecule has 0 N–H and O–H groups in total. The van der Waals surface area contributed by atoms with E-state index in [0.29, 0.717) is 16.5 Å². The van der Waals surface area contributed by atoms with Crippen molar-refractivity contribution in [2.75, 3.05) is 50.2 Å². The highest BCUT2D eigenvalue weighted by molar-refractivity contribution is 6.32. The van der Waals surface area contributed by atoms with Gasteiger partial charge in [0.15, 0.2) is 0 Å². The van der Waals surface area contributed by atoms with Crippen molar-refractivity contribution in [2.45, 2.75) is 6.42 Å². The maximum Gasteiger partial charge on any atom is 0.141 e. The zero-order valence-electron chi connectivity index (χ0n) is 18.6. The average molecular weight is 465 g/mol. The molecule has 5 rings (SSSR count). The van der Waals surface area contributed by atoms with Gasteiger partial charge >= 0.3 is 0 Å². The lowest BCUT2D eigenvalue weighted by atomic mass is 10.1. The molecule has 1 aliphatic rings. The minimum atomic E-state index is 0.518. The van der Waals surface area contributed by atoms with Gasteiger partial charge in [0.1, 0.15) is 23.5 Å². The van der Waals surface area contributed by atoms with Crippen molar-refractivity contribution in [1.82, 2.24) is 19.4 Å². The van der Waals surface area contributed by atoms with Crippen LogP contribution in [0.1, 0.15) is 6.42 Å². The number of nitrogens with zero attached hydrogens (tertiary/aromatic N) is 6. The van der Waals surface area contributed by atoms with Gasteiger partial charge in [-0.05, 0) is 18.6 Å². The van der Waals surface area contributed by atoms with E-state index in [9.17, 15) is 0 Å². The molecule has 1 fully saturated rings. The minimum Gasteiger partial charge on any atom is -0.496 e. The molecule has 33 heavy (non-hydrogen) atoms. The van der Waals surface area contributed by atoms with Crippen molar-refractivity contribution < 1.29 is 9.47 Å². The van der Waals surface area contributed by atoms with Crippen LogP contribution >= 0.6 is 11.6 Å². The van der Waals surface area contributed by atoms with Crippen molar-refractivity contribution in [3.8, 4) is 22.8 Å². The molecule has 1 saturated heterocycles. The number of imidazole rings is 1. The Labute approximate surface area is 197 Å². The Morgan fingerprint density at radius 2 is 1.61 bits per heavy atom. The number of ether oxygens (including phenoxy) is 2. The van der Waals surface area contributed by atoms with Gasteiger partial charge < -0.3 is 23.7 Å². The predicted octanol–water partition coefficient (Wildman–Crippen LogP) is 4.18.